The monoisotopic (exact) mass is 256 g/mol. The predicted molar refractivity (Wildman–Crippen MR) is 66.0 cm³/mol. The van der Waals surface area contributed by atoms with E-state index < -0.39 is 0 Å². The molecule has 5 heteroatoms. The van der Waals surface area contributed by atoms with E-state index in [1.807, 2.05) is 11.8 Å². The van der Waals surface area contributed by atoms with E-state index in [1.54, 1.807) is 12.1 Å². The molecule has 0 bridgehead atoms. The topological polar surface area (TPSA) is 59.5 Å². The Labute approximate surface area is 106 Å². The molecule has 0 saturated carbocycles. The molecule has 0 aromatic carbocycles. The minimum absolute atomic E-state index is 0.0234. The Morgan fingerprint density at radius 2 is 2.35 bits per heavy atom. The first kappa shape index (κ1) is 12.5. The van der Waals surface area contributed by atoms with Crippen molar-refractivity contribution in [2.45, 2.75) is 38.3 Å². The van der Waals surface area contributed by atoms with Gasteiger partial charge in [0.1, 0.15) is 0 Å². The van der Waals surface area contributed by atoms with Crippen LogP contribution in [-0.4, -0.2) is 29.4 Å². The van der Waals surface area contributed by atoms with E-state index >= 15 is 0 Å². The van der Waals surface area contributed by atoms with Crippen LogP contribution in [0.15, 0.2) is 16.5 Å². The fourth-order valence-electron chi connectivity index (χ4n) is 2.33. The van der Waals surface area contributed by atoms with Gasteiger partial charge >= 0.3 is 0 Å². The molecule has 0 radical (unpaired) electrons. The fourth-order valence-corrected chi connectivity index (χ4v) is 2.47. The number of furan rings is 1. The van der Waals surface area contributed by atoms with Crippen LogP contribution in [0.25, 0.3) is 0 Å². The van der Waals surface area contributed by atoms with Crippen molar-refractivity contribution in [2.24, 2.45) is 5.73 Å². The third-order valence-electron chi connectivity index (χ3n) is 3.20. The molecule has 2 atom stereocenters. The molecule has 1 aromatic heterocycles. The molecule has 1 saturated heterocycles. The summed E-state index contributed by atoms with van der Waals surface area (Å²) < 4.78 is 5.16. The molecule has 2 unspecified atom stereocenters. The van der Waals surface area contributed by atoms with Crippen LogP contribution >= 0.6 is 11.6 Å². The van der Waals surface area contributed by atoms with E-state index in [0.717, 1.165) is 25.8 Å². The zero-order chi connectivity index (χ0) is 12.4. The zero-order valence-electron chi connectivity index (χ0n) is 9.86. The molecular weight excluding hydrogens is 240 g/mol. The smallest absolute Gasteiger partial charge is 0.289 e. The van der Waals surface area contributed by atoms with Gasteiger partial charge in [0, 0.05) is 18.6 Å². The summed E-state index contributed by atoms with van der Waals surface area (Å²) in [5, 5.41) is 0.239. The van der Waals surface area contributed by atoms with E-state index in [2.05, 4.69) is 0 Å². The van der Waals surface area contributed by atoms with Gasteiger partial charge in [-0.25, -0.2) is 0 Å². The Morgan fingerprint density at radius 3 is 2.94 bits per heavy atom. The number of hydrogen-bond acceptors (Lipinski definition) is 3. The van der Waals surface area contributed by atoms with Gasteiger partial charge in [0.2, 0.25) is 0 Å². The minimum Gasteiger partial charge on any atom is -0.440 e. The van der Waals surface area contributed by atoms with E-state index in [4.69, 9.17) is 21.8 Å². The predicted octanol–water partition coefficient (Wildman–Crippen LogP) is 2.27. The van der Waals surface area contributed by atoms with Crippen LogP contribution in [0, 0.1) is 0 Å². The molecular formula is C12H17ClN2O2. The van der Waals surface area contributed by atoms with Gasteiger partial charge in [-0.2, -0.15) is 0 Å². The van der Waals surface area contributed by atoms with Crippen LogP contribution < -0.4 is 5.73 Å². The van der Waals surface area contributed by atoms with Crippen molar-refractivity contribution in [3.63, 3.8) is 0 Å². The highest BCUT2D eigenvalue weighted by Crippen LogP contribution is 2.23. The lowest BCUT2D eigenvalue weighted by molar-refractivity contribution is 0.0552. The molecule has 1 aromatic rings. The maximum Gasteiger partial charge on any atom is 0.289 e. The molecule has 94 valence electrons. The average Bonchev–Trinajstić information content (AvgIpc) is 2.75. The van der Waals surface area contributed by atoms with Crippen LogP contribution in [0.5, 0.6) is 0 Å². The van der Waals surface area contributed by atoms with Gasteiger partial charge in [-0.05, 0) is 49.9 Å². The first-order chi connectivity index (χ1) is 8.09. The Hall–Kier alpha value is -1.00. The maximum atomic E-state index is 12.2. The summed E-state index contributed by atoms with van der Waals surface area (Å²) in [5.41, 5.74) is 5.93. The van der Waals surface area contributed by atoms with E-state index in [0.29, 0.717) is 5.76 Å². The molecule has 0 spiro atoms. The second-order valence-corrected chi connectivity index (χ2v) is 4.90. The molecule has 4 nitrogen and oxygen atoms in total. The molecule has 2 rings (SSSR count). The third kappa shape index (κ3) is 2.64. The number of nitrogens with two attached hydrogens (primary N) is 1. The van der Waals surface area contributed by atoms with E-state index in [1.165, 1.54) is 0 Å². The number of hydrogen-bond donors (Lipinski definition) is 1. The highest BCUT2D eigenvalue weighted by atomic mass is 35.5. The molecule has 2 heterocycles. The number of carbonyl (C=O) groups is 1. The Morgan fingerprint density at radius 1 is 1.59 bits per heavy atom. The third-order valence-corrected chi connectivity index (χ3v) is 3.40. The van der Waals surface area contributed by atoms with Crippen LogP contribution in [0.3, 0.4) is 0 Å². The van der Waals surface area contributed by atoms with Gasteiger partial charge in [-0.15, -0.1) is 0 Å². The lowest BCUT2D eigenvalue weighted by Crippen LogP contribution is -2.51. The Bertz CT molecular complexity index is 403. The van der Waals surface area contributed by atoms with Crippen LogP contribution in [0.4, 0.5) is 0 Å². The molecule has 17 heavy (non-hydrogen) atoms. The van der Waals surface area contributed by atoms with Crippen LogP contribution in [0.1, 0.15) is 36.7 Å². The highest BCUT2D eigenvalue weighted by molar-refractivity contribution is 6.29. The summed E-state index contributed by atoms with van der Waals surface area (Å²) >= 11 is 5.68. The lowest BCUT2D eigenvalue weighted by Gasteiger charge is -2.37. The molecule has 1 aliphatic rings. The van der Waals surface area contributed by atoms with Crippen molar-refractivity contribution >= 4 is 17.5 Å². The molecule has 2 N–H and O–H groups in total. The number of rotatable bonds is 2. The SMILES string of the molecule is CC(N)C1CCCCN1C(=O)c1ccc(Cl)o1. The second-order valence-electron chi connectivity index (χ2n) is 4.52. The summed E-state index contributed by atoms with van der Waals surface area (Å²) in [6, 6.07) is 3.27. The summed E-state index contributed by atoms with van der Waals surface area (Å²) in [5.74, 6) is 0.182. The summed E-state index contributed by atoms with van der Waals surface area (Å²) in [7, 11) is 0. The largest absolute Gasteiger partial charge is 0.440 e. The molecule has 1 aliphatic heterocycles. The van der Waals surface area contributed by atoms with Crippen LogP contribution in [0.2, 0.25) is 5.22 Å². The summed E-state index contributed by atoms with van der Waals surface area (Å²) in [4.78, 5) is 14.1. The number of amides is 1. The van der Waals surface area contributed by atoms with Gasteiger partial charge in [-0.3, -0.25) is 4.79 Å². The van der Waals surface area contributed by atoms with Crippen molar-refractivity contribution in [3.05, 3.63) is 23.1 Å². The Balaban J connectivity index is 2.16. The zero-order valence-corrected chi connectivity index (χ0v) is 10.6. The first-order valence-electron chi connectivity index (χ1n) is 5.91. The summed E-state index contributed by atoms with van der Waals surface area (Å²) in [6.45, 7) is 2.68. The molecule has 0 aliphatic carbocycles. The summed E-state index contributed by atoms with van der Waals surface area (Å²) in [6.07, 6.45) is 3.09. The van der Waals surface area contributed by atoms with E-state index in [9.17, 15) is 4.79 Å². The number of carbonyl (C=O) groups excluding carboxylic acids is 1. The van der Waals surface area contributed by atoms with Crippen molar-refractivity contribution < 1.29 is 9.21 Å². The van der Waals surface area contributed by atoms with Gasteiger partial charge < -0.3 is 15.1 Å². The lowest BCUT2D eigenvalue weighted by atomic mass is 9.96. The molecule has 1 fully saturated rings. The van der Waals surface area contributed by atoms with Crippen molar-refractivity contribution in [2.75, 3.05) is 6.54 Å². The van der Waals surface area contributed by atoms with Crippen molar-refractivity contribution in [3.8, 4) is 0 Å². The highest BCUT2D eigenvalue weighted by Gasteiger charge is 2.31. The fraction of sp³-hybridized carbons (Fsp3) is 0.583. The number of piperidine rings is 1. The first-order valence-corrected chi connectivity index (χ1v) is 6.29. The average molecular weight is 257 g/mol. The standard InChI is InChI=1S/C12H17ClN2O2/c1-8(14)9-4-2-3-7-15(9)12(16)10-5-6-11(13)17-10/h5-6,8-9H,2-4,7,14H2,1H3. The normalized spacial score (nSPS) is 22.5. The van der Waals surface area contributed by atoms with E-state index in [-0.39, 0.29) is 23.2 Å². The quantitative estimate of drug-likeness (QED) is 0.883. The van der Waals surface area contributed by atoms with Gasteiger partial charge in [0.25, 0.3) is 5.91 Å². The molecule has 1 amide bonds. The maximum absolute atomic E-state index is 12.2. The second kappa shape index (κ2) is 5.10. The van der Waals surface area contributed by atoms with Gasteiger partial charge in [-0.1, -0.05) is 0 Å². The Kier molecular flexibility index (Phi) is 3.74. The minimum atomic E-state index is -0.112. The van der Waals surface area contributed by atoms with Gasteiger partial charge in [0.05, 0.1) is 0 Å². The van der Waals surface area contributed by atoms with Crippen molar-refractivity contribution in [1.29, 1.82) is 0 Å². The number of nitrogens with zero attached hydrogens (tertiary/aromatic N) is 1. The number of likely N-dealkylation sites (tertiary alicyclic amines) is 1. The van der Waals surface area contributed by atoms with Gasteiger partial charge in [0.15, 0.2) is 11.0 Å². The van der Waals surface area contributed by atoms with Crippen LogP contribution in [-0.2, 0) is 0 Å². The number of halogens is 1. The van der Waals surface area contributed by atoms with Crippen molar-refractivity contribution in [1.82, 2.24) is 4.90 Å².